The van der Waals surface area contributed by atoms with Crippen LogP contribution in [0.1, 0.15) is 19.4 Å². The van der Waals surface area contributed by atoms with Gasteiger partial charge in [-0.2, -0.15) is 0 Å². The van der Waals surface area contributed by atoms with Crippen molar-refractivity contribution in [2.45, 2.75) is 13.8 Å². The van der Waals surface area contributed by atoms with Crippen LogP contribution in [-0.2, 0) is 0 Å². The summed E-state index contributed by atoms with van der Waals surface area (Å²) in [4.78, 5) is 0. The minimum atomic E-state index is 0.282. The minimum Gasteiger partial charge on any atom is -0.508 e. The normalized spacial score (nSPS) is 10.9. The quantitative estimate of drug-likeness (QED) is 0.733. The molecule has 0 unspecified atom stereocenters. The highest BCUT2D eigenvalue weighted by Gasteiger charge is 1.95. The molecule has 0 heterocycles. The summed E-state index contributed by atoms with van der Waals surface area (Å²) < 4.78 is 0. The van der Waals surface area contributed by atoms with Crippen molar-refractivity contribution in [2.75, 3.05) is 0 Å². The fourth-order valence-electron chi connectivity index (χ4n) is 1.19. The monoisotopic (exact) mass is 200 g/mol. The molecule has 0 radical (unpaired) electrons. The highest BCUT2D eigenvalue weighted by Crippen LogP contribution is 2.18. The topological polar surface area (TPSA) is 20.2 Å². The van der Waals surface area contributed by atoms with E-state index in [1.165, 1.54) is 5.57 Å². The maximum atomic E-state index is 9.17. The summed E-state index contributed by atoms with van der Waals surface area (Å²) in [5, 5.41) is 9.17. The highest BCUT2D eigenvalue weighted by atomic mass is 16.3. The first-order valence-electron chi connectivity index (χ1n) is 4.90. The lowest BCUT2D eigenvalue weighted by atomic mass is 10.1. The van der Waals surface area contributed by atoms with E-state index in [-0.39, 0.29) is 5.75 Å². The Morgan fingerprint density at radius 3 is 2.20 bits per heavy atom. The third-order valence-corrected chi connectivity index (χ3v) is 2.02. The van der Waals surface area contributed by atoms with Crippen LogP contribution in [0.15, 0.2) is 54.6 Å². The molecular weight excluding hydrogens is 184 g/mol. The number of benzene rings is 1. The summed E-state index contributed by atoms with van der Waals surface area (Å²) in [5.41, 5.74) is 3.35. The van der Waals surface area contributed by atoms with Gasteiger partial charge < -0.3 is 5.11 Å². The lowest BCUT2D eigenvalue weighted by molar-refractivity contribution is 0.475. The van der Waals surface area contributed by atoms with E-state index in [0.29, 0.717) is 0 Å². The van der Waals surface area contributed by atoms with Crippen molar-refractivity contribution in [1.82, 2.24) is 0 Å². The minimum absolute atomic E-state index is 0.282. The fraction of sp³-hybridized carbons (Fsp3) is 0.143. The van der Waals surface area contributed by atoms with Gasteiger partial charge >= 0.3 is 0 Å². The van der Waals surface area contributed by atoms with Gasteiger partial charge in [0.25, 0.3) is 0 Å². The lowest BCUT2D eigenvalue weighted by Gasteiger charge is -2.01. The molecule has 15 heavy (non-hydrogen) atoms. The average Bonchev–Trinajstić information content (AvgIpc) is 2.21. The second-order valence-corrected chi connectivity index (χ2v) is 3.62. The third kappa shape index (κ3) is 3.47. The molecule has 1 rings (SSSR count). The predicted octanol–water partition coefficient (Wildman–Crippen LogP) is 3.93. The molecule has 0 amide bonds. The van der Waals surface area contributed by atoms with Gasteiger partial charge in [0, 0.05) is 0 Å². The zero-order valence-electron chi connectivity index (χ0n) is 9.20. The first-order valence-corrected chi connectivity index (χ1v) is 4.90. The van der Waals surface area contributed by atoms with E-state index in [1.54, 1.807) is 12.1 Å². The Hall–Kier alpha value is -1.76. The Morgan fingerprint density at radius 1 is 1.13 bits per heavy atom. The maximum Gasteiger partial charge on any atom is 0.115 e. The molecule has 1 aromatic rings. The van der Waals surface area contributed by atoms with E-state index in [4.69, 9.17) is 0 Å². The van der Waals surface area contributed by atoms with Crippen molar-refractivity contribution in [1.29, 1.82) is 0 Å². The molecule has 1 aromatic carbocycles. The van der Waals surface area contributed by atoms with Gasteiger partial charge in [-0.25, -0.2) is 0 Å². The van der Waals surface area contributed by atoms with Crippen LogP contribution in [0.4, 0.5) is 0 Å². The second kappa shape index (κ2) is 5.20. The Bertz CT molecular complexity index is 390. The predicted molar refractivity (Wildman–Crippen MR) is 65.7 cm³/mol. The number of rotatable bonds is 3. The standard InChI is InChI=1S/C14H16O/c1-4-12(6-5-11(2)3)13-7-9-14(15)10-8-13/h4-10,15H,1H2,2-3H3/b12-6+. The van der Waals surface area contributed by atoms with Crippen molar-refractivity contribution in [2.24, 2.45) is 0 Å². The number of hydrogen-bond donors (Lipinski definition) is 1. The van der Waals surface area contributed by atoms with E-state index < -0.39 is 0 Å². The van der Waals surface area contributed by atoms with Crippen molar-refractivity contribution in [3.8, 4) is 5.75 Å². The summed E-state index contributed by atoms with van der Waals surface area (Å²) in [6, 6.07) is 7.10. The highest BCUT2D eigenvalue weighted by molar-refractivity contribution is 5.75. The third-order valence-electron chi connectivity index (χ3n) is 2.02. The van der Waals surface area contributed by atoms with Gasteiger partial charge in [-0.05, 0) is 37.1 Å². The maximum absolute atomic E-state index is 9.17. The van der Waals surface area contributed by atoms with Crippen LogP contribution in [0, 0.1) is 0 Å². The molecule has 0 aromatic heterocycles. The molecule has 0 aliphatic carbocycles. The Balaban J connectivity index is 3.02. The Labute approximate surface area is 91.1 Å². The number of hydrogen-bond acceptors (Lipinski definition) is 1. The van der Waals surface area contributed by atoms with Gasteiger partial charge in [-0.1, -0.05) is 42.5 Å². The van der Waals surface area contributed by atoms with E-state index in [1.807, 2.05) is 44.2 Å². The summed E-state index contributed by atoms with van der Waals surface area (Å²) in [6.45, 7) is 7.88. The fourth-order valence-corrected chi connectivity index (χ4v) is 1.19. The molecule has 78 valence electrons. The smallest absolute Gasteiger partial charge is 0.115 e. The van der Waals surface area contributed by atoms with Crippen molar-refractivity contribution in [3.63, 3.8) is 0 Å². The molecule has 0 saturated carbocycles. The zero-order valence-corrected chi connectivity index (χ0v) is 9.20. The first kappa shape index (κ1) is 11.3. The average molecular weight is 200 g/mol. The van der Waals surface area contributed by atoms with E-state index >= 15 is 0 Å². The summed E-state index contributed by atoms with van der Waals surface area (Å²) in [5.74, 6) is 0.282. The van der Waals surface area contributed by atoms with Crippen LogP contribution < -0.4 is 0 Å². The van der Waals surface area contributed by atoms with Crippen LogP contribution >= 0.6 is 0 Å². The van der Waals surface area contributed by atoms with Gasteiger partial charge in [-0.15, -0.1) is 0 Å². The summed E-state index contributed by atoms with van der Waals surface area (Å²) >= 11 is 0. The molecule has 0 aliphatic rings. The molecule has 1 heteroatoms. The van der Waals surface area contributed by atoms with Crippen LogP contribution in [0.5, 0.6) is 5.75 Å². The molecule has 0 fully saturated rings. The van der Waals surface area contributed by atoms with Crippen LogP contribution in [0.25, 0.3) is 5.57 Å². The van der Waals surface area contributed by atoms with Crippen molar-refractivity contribution < 1.29 is 5.11 Å². The van der Waals surface area contributed by atoms with Crippen molar-refractivity contribution >= 4 is 5.57 Å². The van der Waals surface area contributed by atoms with E-state index in [9.17, 15) is 5.11 Å². The summed E-state index contributed by atoms with van der Waals surface area (Å²) in [6.07, 6.45) is 5.88. The molecule has 0 aliphatic heterocycles. The Morgan fingerprint density at radius 2 is 1.73 bits per heavy atom. The van der Waals surface area contributed by atoms with Gasteiger partial charge in [-0.3, -0.25) is 0 Å². The number of phenols is 1. The molecule has 0 bridgehead atoms. The van der Waals surface area contributed by atoms with Gasteiger partial charge in [0.05, 0.1) is 0 Å². The second-order valence-electron chi connectivity index (χ2n) is 3.62. The lowest BCUT2D eigenvalue weighted by Crippen LogP contribution is -1.79. The molecule has 1 N–H and O–H groups in total. The molecular formula is C14H16O. The van der Waals surface area contributed by atoms with Gasteiger partial charge in [0.15, 0.2) is 0 Å². The van der Waals surface area contributed by atoms with Crippen molar-refractivity contribution in [3.05, 3.63) is 60.2 Å². The SMILES string of the molecule is C=C/C(=C\C=C(C)C)c1ccc(O)cc1. The largest absolute Gasteiger partial charge is 0.508 e. The van der Waals surface area contributed by atoms with E-state index in [0.717, 1.165) is 11.1 Å². The zero-order chi connectivity index (χ0) is 11.3. The number of aromatic hydroxyl groups is 1. The van der Waals surface area contributed by atoms with Gasteiger partial charge in [0.2, 0.25) is 0 Å². The van der Waals surface area contributed by atoms with Crippen LogP contribution in [-0.4, -0.2) is 5.11 Å². The molecule has 0 saturated heterocycles. The molecule has 1 nitrogen and oxygen atoms in total. The number of phenolic OH excluding ortho intramolecular Hbond substituents is 1. The van der Waals surface area contributed by atoms with Gasteiger partial charge in [0.1, 0.15) is 5.75 Å². The Kier molecular flexibility index (Phi) is 3.92. The molecule has 0 spiro atoms. The van der Waals surface area contributed by atoms with Crippen LogP contribution in [0.3, 0.4) is 0 Å². The number of allylic oxidation sites excluding steroid dienone is 5. The van der Waals surface area contributed by atoms with E-state index in [2.05, 4.69) is 6.58 Å². The molecule has 0 atom stereocenters. The first-order chi connectivity index (χ1) is 7.13. The van der Waals surface area contributed by atoms with Crippen LogP contribution in [0.2, 0.25) is 0 Å². The summed E-state index contributed by atoms with van der Waals surface area (Å²) in [7, 11) is 0.